The monoisotopic (exact) mass is 265 g/mol. The van der Waals surface area contributed by atoms with Gasteiger partial charge in [0.1, 0.15) is 0 Å². The van der Waals surface area contributed by atoms with Crippen molar-refractivity contribution in [2.75, 3.05) is 7.11 Å². The molecular formula is C11H8BrNO2. The average Bonchev–Trinajstić information content (AvgIpc) is 2.28. The van der Waals surface area contributed by atoms with Crippen LogP contribution in [-0.4, -0.2) is 18.1 Å². The number of methoxy groups -OCH3 is 1. The fraction of sp³-hybridized carbons (Fsp3) is 0.0909. The van der Waals surface area contributed by atoms with E-state index < -0.39 is 0 Å². The first-order valence-corrected chi connectivity index (χ1v) is 5.14. The number of halogens is 1. The topological polar surface area (TPSA) is 39.2 Å². The smallest absolute Gasteiger partial charge is 0.337 e. The molecule has 2 aromatic rings. The van der Waals surface area contributed by atoms with Gasteiger partial charge in [-0.2, -0.15) is 0 Å². The molecule has 4 heteroatoms. The third kappa shape index (κ3) is 1.85. The minimum atomic E-state index is -0.358. The van der Waals surface area contributed by atoms with Crippen LogP contribution in [0.3, 0.4) is 0 Å². The Morgan fingerprint density at radius 3 is 3.00 bits per heavy atom. The SMILES string of the molecule is COC(=O)c1cc(Br)c2cccnc2c1. The van der Waals surface area contributed by atoms with Crippen molar-refractivity contribution < 1.29 is 9.53 Å². The Morgan fingerprint density at radius 1 is 1.47 bits per heavy atom. The number of esters is 1. The quantitative estimate of drug-likeness (QED) is 0.745. The van der Waals surface area contributed by atoms with E-state index in [2.05, 4.69) is 25.7 Å². The summed E-state index contributed by atoms with van der Waals surface area (Å²) in [5.74, 6) is -0.358. The van der Waals surface area contributed by atoms with E-state index in [0.29, 0.717) is 5.56 Å². The Kier molecular flexibility index (Phi) is 2.68. The van der Waals surface area contributed by atoms with Crippen LogP contribution in [0, 0.1) is 0 Å². The Bertz CT molecular complexity index is 525. The molecule has 0 spiro atoms. The third-order valence-electron chi connectivity index (χ3n) is 2.09. The van der Waals surface area contributed by atoms with Gasteiger partial charge in [-0.3, -0.25) is 4.98 Å². The molecule has 1 heterocycles. The van der Waals surface area contributed by atoms with Crippen LogP contribution in [0.15, 0.2) is 34.9 Å². The zero-order chi connectivity index (χ0) is 10.8. The van der Waals surface area contributed by atoms with E-state index in [0.717, 1.165) is 15.4 Å². The van der Waals surface area contributed by atoms with Crippen molar-refractivity contribution in [3.63, 3.8) is 0 Å². The van der Waals surface area contributed by atoms with Gasteiger partial charge >= 0.3 is 5.97 Å². The van der Waals surface area contributed by atoms with Crippen LogP contribution < -0.4 is 0 Å². The van der Waals surface area contributed by atoms with E-state index in [1.165, 1.54) is 7.11 Å². The van der Waals surface area contributed by atoms with Crippen LogP contribution in [0.4, 0.5) is 0 Å². The molecular weight excluding hydrogens is 258 g/mol. The number of fused-ring (bicyclic) bond motifs is 1. The molecule has 0 unspecified atom stereocenters. The lowest BCUT2D eigenvalue weighted by Gasteiger charge is -2.03. The van der Waals surface area contributed by atoms with Crippen molar-refractivity contribution in [2.45, 2.75) is 0 Å². The van der Waals surface area contributed by atoms with E-state index in [1.54, 1.807) is 18.3 Å². The van der Waals surface area contributed by atoms with Crippen LogP contribution >= 0.6 is 15.9 Å². The number of benzene rings is 1. The number of carbonyl (C=O) groups excluding carboxylic acids is 1. The molecule has 1 aromatic carbocycles. The molecule has 0 N–H and O–H groups in total. The summed E-state index contributed by atoms with van der Waals surface area (Å²) in [5.41, 5.74) is 1.27. The summed E-state index contributed by atoms with van der Waals surface area (Å²) >= 11 is 3.40. The predicted octanol–water partition coefficient (Wildman–Crippen LogP) is 2.78. The maximum Gasteiger partial charge on any atom is 0.337 e. The molecule has 0 atom stereocenters. The van der Waals surface area contributed by atoms with E-state index >= 15 is 0 Å². The van der Waals surface area contributed by atoms with Crippen LogP contribution in [0.1, 0.15) is 10.4 Å². The maximum atomic E-state index is 11.3. The number of pyridine rings is 1. The highest BCUT2D eigenvalue weighted by molar-refractivity contribution is 9.10. The Hall–Kier alpha value is -1.42. The van der Waals surface area contributed by atoms with Gasteiger partial charge in [-0.15, -0.1) is 0 Å². The molecule has 0 fully saturated rings. The van der Waals surface area contributed by atoms with Gasteiger partial charge in [0.2, 0.25) is 0 Å². The van der Waals surface area contributed by atoms with Gasteiger partial charge in [0.25, 0.3) is 0 Å². The zero-order valence-electron chi connectivity index (χ0n) is 8.03. The average molecular weight is 266 g/mol. The standard InChI is InChI=1S/C11H8BrNO2/c1-15-11(14)7-5-9(12)8-3-2-4-13-10(8)6-7/h2-6H,1H3. The van der Waals surface area contributed by atoms with Crippen molar-refractivity contribution in [1.82, 2.24) is 4.98 Å². The van der Waals surface area contributed by atoms with Gasteiger partial charge in [0, 0.05) is 16.1 Å². The van der Waals surface area contributed by atoms with E-state index in [9.17, 15) is 4.79 Å². The molecule has 0 saturated carbocycles. The second-order valence-corrected chi connectivity index (χ2v) is 3.87. The van der Waals surface area contributed by atoms with E-state index in [4.69, 9.17) is 0 Å². The molecule has 2 rings (SSSR count). The van der Waals surface area contributed by atoms with Gasteiger partial charge < -0.3 is 4.74 Å². The van der Waals surface area contributed by atoms with Crippen molar-refractivity contribution >= 4 is 32.8 Å². The molecule has 0 bridgehead atoms. The lowest BCUT2D eigenvalue weighted by atomic mass is 10.1. The molecule has 0 amide bonds. The molecule has 0 aliphatic heterocycles. The van der Waals surface area contributed by atoms with E-state index in [-0.39, 0.29) is 5.97 Å². The summed E-state index contributed by atoms with van der Waals surface area (Å²) < 4.78 is 5.49. The molecule has 0 saturated heterocycles. The first-order valence-electron chi connectivity index (χ1n) is 4.35. The number of nitrogens with zero attached hydrogens (tertiary/aromatic N) is 1. The normalized spacial score (nSPS) is 10.3. The van der Waals surface area contributed by atoms with Crippen LogP contribution in [0.25, 0.3) is 10.9 Å². The minimum Gasteiger partial charge on any atom is -0.465 e. The van der Waals surface area contributed by atoms with Crippen molar-refractivity contribution in [1.29, 1.82) is 0 Å². The van der Waals surface area contributed by atoms with Gasteiger partial charge in [-0.1, -0.05) is 22.0 Å². The van der Waals surface area contributed by atoms with Gasteiger partial charge in [0.15, 0.2) is 0 Å². The fourth-order valence-electron chi connectivity index (χ4n) is 1.37. The largest absolute Gasteiger partial charge is 0.465 e. The molecule has 3 nitrogen and oxygen atoms in total. The summed E-state index contributed by atoms with van der Waals surface area (Å²) in [6.45, 7) is 0. The summed E-state index contributed by atoms with van der Waals surface area (Å²) in [7, 11) is 1.36. The van der Waals surface area contributed by atoms with Gasteiger partial charge in [-0.05, 0) is 18.2 Å². The van der Waals surface area contributed by atoms with Crippen LogP contribution in [0.2, 0.25) is 0 Å². The number of hydrogen-bond acceptors (Lipinski definition) is 3. The number of aromatic nitrogens is 1. The number of hydrogen-bond donors (Lipinski definition) is 0. The van der Waals surface area contributed by atoms with Crippen molar-refractivity contribution in [3.8, 4) is 0 Å². The lowest BCUT2D eigenvalue weighted by Crippen LogP contribution is -2.01. The van der Waals surface area contributed by atoms with Gasteiger partial charge in [0.05, 0.1) is 18.2 Å². The van der Waals surface area contributed by atoms with Crippen LogP contribution in [-0.2, 0) is 4.74 Å². The molecule has 76 valence electrons. The number of rotatable bonds is 1. The fourth-order valence-corrected chi connectivity index (χ4v) is 1.96. The minimum absolute atomic E-state index is 0.358. The number of carbonyl (C=O) groups is 1. The highest BCUT2D eigenvalue weighted by Crippen LogP contribution is 2.24. The third-order valence-corrected chi connectivity index (χ3v) is 2.75. The summed E-state index contributed by atoms with van der Waals surface area (Å²) in [6.07, 6.45) is 1.69. The maximum absolute atomic E-state index is 11.3. The first kappa shape index (κ1) is 10.1. The van der Waals surface area contributed by atoms with Crippen molar-refractivity contribution in [3.05, 3.63) is 40.5 Å². The highest BCUT2D eigenvalue weighted by Gasteiger charge is 2.09. The summed E-state index contributed by atoms with van der Waals surface area (Å²) in [6, 6.07) is 7.24. The summed E-state index contributed by atoms with van der Waals surface area (Å²) in [4.78, 5) is 15.5. The Balaban J connectivity index is 2.67. The molecule has 0 radical (unpaired) electrons. The first-order chi connectivity index (χ1) is 7.22. The molecule has 15 heavy (non-hydrogen) atoms. The predicted molar refractivity (Wildman–Crippen MR) is 60.8 cm³/mol. The van der Waals surface area contributed by atoms with Crippen LogP contribution in [0.5, 0.6) is 0 Å². The summed E-state index contributed by atoms with van der Waals surface area (Å²) in [5, 5.41) is 0.977. The highest BCUT2D eigenvalue weighted by atomic mass is 79.9. The lowest BCUT2D eigenvalue weighted by molar-refractivity contribution is 0.0601. The second-order valence-electron chi connectivity index (χ2n) is 3.02. The molecule has 0 aliphatic rings. The Labute approximate surface area is 95.2 Å². The number of ether oxygens (including phenoxy) is 1. The Morgan fingerprint density at radius 2 is 2.27 bits per heavy atom. The molecule has 0 aliphatic carbocycles. The van der Waals surface area contributed by atoms with E-state index in [1.807, 2.05) is 12.1 Å². The second kappa shape index (κ2) is 3.98. The molecule has 1 aromatic heterocycles. The van der Waals surface area contributed by atoms with Gasteiger partial charge in [-0.25, -0.2) is 4.79 Å². The zero-order valence-corrected chi connectivity index (χ0v) is 9.61. The van der Waals surface area contributed by atoms with Crippen molar-refractivity contribution in [2.24, 2.45) is 0 Å².